The van der Waals surface area contributed by atoms with Crippen molar-refractivity contribution in [2.45, 2.75) is 0 Å². The van der Waals surface area contributed by atoms with Crippen LogP contribution in [0.3, 0.4) is 0 Å². The van der Waals surface area contributed by atoms with Gasteiger partial charge in [-0.25, -0.2) is 0 Å². The van der Waals surface area contributed by atoms with E-state index in [2.05, 4.69) is 218 Å². The first kappa shape index (κ1) is 35.8. The van der Waals surface area contributed by atoms with Gasteiger partial charge in [0.2, 0.25) is 0 Å². The molecule has 12 aromatic carbocycles. The first-order valence-electron chi connectivity index (χ1n) is 22.0. The summed E-state index contributed by atoms with van der Waals surface area (Å²) in [6.45, 7) is 0. The predicted octanol–water partition coefficient (Wildman–Crippen LogP) is 17.4. The second-order valence-electron chi connectivity index (χ2n) is 17.0. The van der Waals surface area contributed by atoms with Crippen LogP contribution in [0.25, 0.3) is 140 Å². The van der Waals surface area contributed by atoms with Gasteiger partial charge in [0.25, 0.3) is 0 Å². The third kappa shape index (κ3) is 5.25. The van der Waals surface area contributed by atoms with Crippen molar-refractivity contribution in [2.75, 3.05) is 0 Å². The molecule has 2 aromatic heterocycles. The molecule has 0 fully saturated rings. The van der Waals surface area contributed by atoms with Gasteiger partial charge in [0, 0.05) is 0 Å². The van der Waals surface area contributed by atoms with Gasteiger partial charge in [-0.15, -0.1) is 0 Å². The molecule has 296 valence electrons. The molecule has 14 rings (SSSR count). The van der Waals surface area contributed by atoms with Gasteiger partial charge in [0.15, 0.2) is 0 Å². The second-order valence-corrected chi connectivity index (χ2v) is 19.3. The zero-order valence-electron chi connectivity index (χ0n) is 34.6. The number of furan rings is 1. The molecule has 0 aliphatic carbocycles. The van der Waals surface area contributed by atoms with Crippen LogP contribution in [0.2, 0.25) is 0 Å². The molecule has 0 N–H and O–H groups in total. The van der Waals surface area contributed by atoms with Crippen LogP contribution in [0, 0.1) is 0 Å². The summed E-state index contributed by atoms with van der Waals surface area (Å²) in [5.74, 6) is 0. The molecule has 1 nitrogen and oxygen atoms in total. The molecule has 14 aromatic rings. The van der Waals surface area contributed by atoms with E-state index in [9.17, 15) is 0 Å². The molecule has 0 unspecified atom stereocenters. The van der Waals surface area contributed by atoms with Gasteiger partial charge in [-0.3, -0.25) is 0 Å². The van der Waals surface area contributed by atoms with Gasteiger partial charge in [-0.2, -0.15) is 0 Å². The summed E-state index contributed by atoms with van der Waals surface area (Å²) in [5, 5.41) is 17.6. The Hall–Kier alpha value is -7.74. The van der Waals surface area contributed by atoms with Crippen molar-refractivity contribution in [3.8, 4) is 44.5 Å². The Morgan fingerprint density at radius 2 is 0.734 bits per heavy atom. The molecule has 2 heterocycles. The third-order valence-electron chi connectivity index (χ3n) is 13.6. The van der Waals surface area contributed by atoms with Gasteiger partial charge < -0.3 is 0 Å². The van der Waals surface area contributed by atoms with E-state index >= 15 is 0 Å². The average molecular weight is 876 g/mol. The standard InChI is InChI=1S/C62H36OSe/c1-2-15-37(16-3-1)58-42-19-6-8-21-44(42)60(45-22-9-7-20-43(45)58)41-30-32-56-53(35-41)62-50(27-14-28-57(62)64-56)61-48-25-12-10-23-46(48)59(47-24-11-13-26-49(47)61)40-29-31-54-51(34-40)52-33-38-17-4-5-18-39(38)36-55(52)63-54/h1-36H. The normalized spacial score (nSPS) is 12.1. The van der Waals surface area contributed by atoms with E-state index in [1.165, 1.54) is 118 Å². The van der Waals surface area contributed by atoms with Crippen LogP contribution in [0.4, 0.5) is 0 Å². The van der Waals surface area contributed by atoms with Crippen LogP contribution < -0.4 is 0 Å². The fourth-order valence-electron chi connectivity index (χ4n) is 10.9. The molecule has 0 radical (unpaired) electrons. The fourth-order valence-corrected chi connectivity index (χ4v) is 13.2. The van der Waals surface area contributed by atoms with Gasteiger partial charge in [-0.05, 0) is 16.8 Å². The molecule has 0 spiro atoms. The first-order chi connectivity index (χ1) is 31.7. The van der Waals surface area contributed by atoms with E-state index in [1.807, 2.05) is 0 Å². The number of fused-ring (bicyclic) bond motifs is 11. The van der Waals surface area contributed by atoms with E-state index in [0.717, 1.165) is 21.9 Å². The number of benzene rings is 12. The summed E-state index contributed by atoms with van der Waals surface area (Å²) in [4.78, 5) is 0. The number of hydrogen-bond donors (Lipinski definition) is 0. The average Bonchev–Trinajstić information content (AvgIpc) is 3.91. The maximum atomic E-state index is 6.48. The first-order valence-corrected chi connectivity index (χ1v) is 23.7. The number of rotatable bonds is 4. The molecule has 0 amide bonds. The van der Waals surface area contributed by atoms with Crippen LogP contribution >= 0.6 is 0 Å². The summed E-state index contributed by atoms with van der Waals surface area (Å²) in [5.41, 5.74) is 12.0. The van der Waals surface area contributed by atoms with Crippen molar-refractivity contribution < 1.29 is 4.42 Å². The van der Waals surface area contributed by atoms with E-state index in [0.29, 0.717) is 0 Å². The van der Waals surface area contributed by atoms with Gasteiger partial charge >= 0.3 is 336 Å². The van der Waals surface area contributed by atoms with Crippen LogP contribution in [0.1, 0.15) is 0 Å². The third-order valence-corrected chi connectivity index (χ3v) is 16.0. The zero-order valence-corrected chi connectivity index (χ0v) is 36.3. The van der Waals surface area contributed by atoms with E-state index in [-0.39, 0.29) is 14.5 Å². The SMILES string of the molecule is c1ccc(-c2c3ccccc3c(-c3ccc4[se]c5cccc(-c6c7ccccc7c(-c7ccc8oc9cc%10ccccc%10cc9c8c7)c7ccccc67)c5c4c3)c3ccccc23)cc1. The van der Waals surface area contributed by atoms with Gasteiger partial charge in [-0.1, -0.05) is 24.3 Å². The Kier molecular flexibility index (Phi) is 7.77. The molecule has 2 heteroatoms. The summed E-state index contributed by atoms with van der Waals surface area (Å²) < 4.78 is 9.35. The van der Waals surface area contributed by atoms with Crippen molar-refractivity contribution in [1.82, 2.24) is 0 Å². The van der Waals surface area contributed by atoms with E-state index in [1.54, 1.807) is 0 Å². The van der Waals surface area contributed by atoms with Crippen LogP contribution in [0.15, 0.2) is 223 Å². The molecular weight excluding hydrogens is 840 g/mol. The monoisotopic (exact) mass is 876 g/mol. The summed E-state index contributed by atoms with van der Waals surface area (Å²) in [6.07, 6.45) is 0. The molecule has 0 aliphatic rings. The summed E-state index contributed by atoms with van der Waals surface area (Å²) in [6, 6.07) is 81.0. The molecule has 0 saturated heterocycles. The Balaban J connectivity index is 1.02. The van der Waals surface area contributed by atoms with E-state index in [4.69, 9.17) is 4.42 Å². The molecular formula is C62H36OSe. The summed E-state index contributed by atoms with van der Waals surface area (Å²) in [7, 11) is 0. The Morgan fingerprint density at radius 1 is 0.266 bits per heavy atom. The van der Waals surface area contributed by atoms with Crippen molar-refractivity contribution in [2.24, 2.45) is 0 Å². The summed E-state index contributed by atoms with van der Waals surface area (Å²) >= 11 is 0.181. The zero-order chi connectivity index (χ0) is 41.9. The van der Waals surface area contributed by atoms with Crippen LogP contribution in [-0.4, -0.2) is 14.5 Å². The van der Waals surface area contributed by atoms with Crippen molar-refractivity contribution in [3.05, 3.63) is 218 Å². The Bertz CT molecular complexity index is 4130. The van der Waals surface area contributed by atoms with Crippen molar-refractivity contribution in [1.29, 1.82) is 0 Å². The second kappa shape index (κ2) is 13.9. The molecule has 0 bridgehead atoms. The van der Waals surface area contributed by atoms with E-state index < -0.39 is 0 Å². The Labute approximate surface area is 374 Å². The van der Waals surface area contributed by atoms with Crippen LogP contribution in [-0.2, 0) is 0 Å². The number of hydrogen-bond acceptors (Lipinski definition) is 1. The van der Waals surface area contributed by atoms with Crippen molar-refractivity contribution >= 4 is 110 Å². The quantitative estimate of drug-likeness (QED) is 0.127. The minimum absolute atomic E-state index is 0.181. The predicted molar refractivity (Wildman–Crippen MR) is 275 cm³/mol. The van der Waals surface area contributed by atoms with Crippen LogP contribution in [0.5, 0.6) is 0 Å². The van der Waals surface area contributed by atoms with Gasteiger partial charge in [0.05, 0.1) is 0 Å². The Morgan fingerprint density at radius 3 is 1.33 bits per heavy atom. The van der Waals surface area contributed by atoms with Crippen molar-refractivity contribution in [3.63, 3.8) is 0 Å². The molecule has 0 atom stereocenters. The maximum absolute atomic E-state index is 6.48. The molecule has 0 saturated carbocycles. The minimum atomic E-state index is 0.181. The van der Waals surface area contributed by atoms with Gasteiger partial charge in [0.1, 0.15) is 0 Å². The topological polar surface area (TPSA) is 13.1 Å². The molecule has 0 aliphatic heterocycles. The fraction of sp³-hybridized carbons (Fsp3) is 0. The molecule has 64 heavy (non-hydrogen) atoms.